The maximum atomic E-state index is 14.0. The smallest absolute Gasteiger partial charge is 0.254 e. The number of rotatable bonds is 17. The number of β-lactam (4-membered cyclic amide) rings is 1. The molecule has 1 heterocycles. The fraction of sp³-hybridized carbons (Fsp3) is 0.658. The van der Waals surface area contributed by atoms with Crippen LogP contribution in [0.4, 0.5) is 0 Å². The normalized spacial score (nSPS) is 19.4. The number of hydrogen-bond acceptors (Lipinski definition) is 4. The van der Waals surface area contributed by atoms with Crippen molar-refractivity contribution in [3.63, 3.8) is 0 Å². The summed E-state index contributed by atoms with van der Waals surface area (Å²) in [6.45, 7) is 26.3. The van der Waals surface area contributed by atoms with E-state index in [1.807, 2.05) is 41.3 Å². The Labute approximate surface area is 277 Å². The van der Waals surface area contributed by atoms with Gasteiger partial charge in [0.25, 0.3) is 5.91 Å². The van der Waals surface area contributed by atoms with Crippen molar-refractivity contribution in [3.05, 3.63) is 71.8 Å². The van der Waals surface area contributed by atoms with Gasteiger partial charge in [0.15, 0.2) is 22.7 Å². The molecule has 3 rings (SSSR count). The van der Waals surface area contributed by atoms with Gasteiger partial charge in [-0.2, -0.15) is 0 Å². The number of ether oxygens (including phenoxy) is 1. The molecule has 1 aliphatic heterocycles. The molecular formula is C38H63NO4Si2. The first-order valence-corrected chi connectivity index (χ1v) is 23.2. The first-order valence-electron chi connectivity index (χ1n) is 17.3. The number of likely N-dealkylation sites (tertiary alicyclic amines) is 1. The molecule has 0 aliphatic carbocycles. The first-order chi connectivity index (χ1) is 21.0. The topological polar surface area (TPSA) is 48.0 Å². The minimum absolute atomic E-state index is 0.00626. The molecule has 2 aromatic rings. The van der Waals surface area contributed by atoms with Crippen molar-refractivity contribution >= 4 is 22.5 Å². The first kappa shape index (κ1) is 37.7. The van der Waals surface area contributed by atoms with Crippen molar-refractivity contribution in [2.75, 3.05) is 0 Å². The third-order valence-electron chi connectivity index (χ3n) is 10.4. The highest BCUT2D eigenvalue weighted by Gasteiger charge is 2.57. The summed E-state index contributed by atoms with van der Waals surface area (Å²) in [5.74, 6) is 0.0395. The summed E-state index contributed by atoms with van der Waals surface area (Å²) in [6.07, 6.45) is 5.93. The van der Waals surface area contributed by atoms with E-state index < -0.39 is 22.7 Å². The van der Waals surface area contributed by atoms with Gasteiger partial charge >= 0.3 is 0 Å². The van der Waals surface area contributed by atoms with Crippen LogP contribution in [0.5, 0.6) is 0 Å². The minimum atomic E-state index is -2.28. The Bertz CT molecular complexity index is 1170. The standard InChI is InChI=1S/C38H63NO4Si2/c1-12-13-14-15-22-27-32(42-44(8,9)37(2,3)4)34(43-45(10,11)38(5,6)7)33-35(41-29-31-25-20-17-21-26-31)36(40)39(33)28-30-23-18-16-19-24-30/h16-21,23-26,32-35H,12-15,22,27-29H2,1-11H3/t32-,33-,34+,35+/m0/s1. The summed E-state index contributed by atoms with van der Waals surface area (Å²) in [5, 5.41) is 0.0592. The molecule has 7 heteroatoms. The van der Waals surface area contributed by atoms with Gasteiger partial charge < -0.3 is 18.5 Å². The zero-order valence-corrected chi connectivity index (χ0v) is 32.3. The second-order valence-corrected chi connectivity index (χ2v) is 25.6. The van der Waals surface area contributed by atoms with Gasteiger partial charge in [-0.1, -0.05) is 141 Å². The second kappa shape index (κ2) is 15.9. The van der Waals surface area contributed by atoms with Crippen LogP contribution in [0, 0.1) is 0 Å². The fourth-order valence-electron chi connectivity index (χ4n) is 5.46. The van der Waals surface area contributed by atoms with Crippen molar-refractivity contribution in [2.45, 2.75) is 161 Å². The Kier molecular flexibility index (Phi) is 13.3. The SMILES string of the molecule is CCCCCCC[C@H](O[Si](C)(C)C(C)(C)C)[C@@H](O[Si](C)(C)C(C)(C)C)[C@H]1[C@@H](OCc2ccccc2)C(=O)N1Cc1ccccc1. The lowest BCUT2D eigenvalue weighted by Gasteiger charge is -2.55. The Hall–Kier alpha value is -1.78. The van der Waals surface area contributed by atoms with Gasteiger partial charge in [0, 0.05) is 6.54 Å². The Morgan fingerprint density at radius 1 is 0.733 bits per heavy atom. The highest BCUT2D eigenvalue weighted by Crippen LogP contribution is 2.44. The van der Waals surface area contributed by atoms with Gasteiger partial charge in [-0.05, 0) is 53.8 Å². The molecule has 1 saturated heterocycles. The van der Waals surface area contributed by atoms with Gasteiger partial charge in [-0.15, -0.1) is 0 Å². The van der Waals surface area contributed by atoms with E-state index in [0.29, 0.717) is 13.2 Å². The van der Waals surface area contributed by atoms with Crippen LogP contribution >= 0.6 is 0 Å². The molecule has 5 nitrogen and oxygen atoms in total. The van der Waals surface area contributed by atoms with Gasteiger partial charge in [-0.25, -0.2) is 0 Å². The van der Waals surface area contributed by atoms with Crippen LogP contribution in [-0.2, 0) is 31.5 Å². The van der Waals surface area contributed by atoms with Crippen LogP contribution in [0.25, 0.3) is 0 Å². The molecule has 0 bridgehead atoms. The number of hydrogen-bond donors (Lipinski definition) is 0. The quantitative estimate of drug-likeness (QED) is 0.0969. The summed E-state index contributed by atoms with van der Waals surface area (Å²) >= 11 is 0. The molecular weight excluding hydrogens is 591 g/mol. The number of carbonyl (C=O) groups is 1. The largest absolute Gasteiger partial charge is 0.411 e. The molecule has 0 radical (unpaired) electrons. The molecule has 1 aliphatic rings. The molecule has 252 valence electrons. The summed E-state index contributed by atoms with van der Waals surface area (Å²) in [6, 6.07) is 20.2. The Balaban J connectivity index is 2.07. The molecule has 4 atom stereocenters. The van der Waals surface area contributed by atoms with E-state index in [9.17, 15) is 4.79 Å². The molecule has 0 N–H and O–H groups in total. The number of amides is 1. The molecule has 1 fully saturated rings. The Morgan fingerprint density at radius 2 is 1.24 bits per heavy atom. The van der Waals surface area contributed by atoms with Crippen LogP contribution in [0.1, 0.15) is 98.1 Å². The van der Waals surface area contributed by atoms with E-state index in [0.717, 1.165) is 24.0 Å². The second-order valence-electron chi connectivity index (χ2n) is 16.1. The zero-order valence-electron chi connectivity index (χ0n) is 30.3. The molecule has 0 spiro atoms. The predicted molar refractivity (Wildman–Crippen MR) is 193 cm³/mol. The van der Waals surface area contributed by atoms with E-state index in [-0.39, 0.29) is 34.2 Å². The fourth-order valence-corrected chi connectivity index (χ4v) is 8.15. The lowest BCUT2D eigenvalue weighted by atomic mass is 9.87. The lowest BCUT2D eigenvalue weighted by molar-refractivity contribution is -0.193. The highest BCUT2D eigenvalue weighted by molar-refractivity contribution is 6.74. The molecule has 2 aromatic carbocycles. The van der Waals surface area contributed by atoms with Crippen molar-refractivity contribution in [1.82, 2.24) is 4.90 Å². The van der Waals surface area contributed by atoms with Crippen LogP contribution < -0.4 is 0 Å². The number of benzene rings is 2. The van der Waals surface area contributed by atoms with Gasteiger partial charge in [0.05, 0.1) is 24.9 Å². The minimum Gasteiger partial charge on any atom is -0.411 e. The molecule has 0 aromatic heterocycles. The van der Waals surface area contributed by atoms with Crippen LogP contribution in [0.3, 0.4) is 0 Å². The maximum absolute atomic E-state index is 14.0. The molecule has 0 unspecified atom stereocenters. The Morgan fingerprint density at radius 3 is 1.78 bits per heavy atom. The van der Waals surface area contributed by atoms with Crippen LogP contribution in [-0.4, -0.2) is 51.8 Å². The number of unbranched alkanes of at least 4 members (excludes halogenated alkanes) is 4. The average molecular weight is 654 g/mol. The van der Waals surface area contributed by atoms with Crippen molar-refractivity contribution < 1.29 is 18.4 Å². The van der Waals surface area contributed by atoms with Crippen LogP contribution in [0.15, 0.2) is 60.7 Å². The zero-order chi connectivity index (χ0) is 33.5. The van der Waals surface area contributed by atoms with Gasteiger partial charge in [0.2, 0.25) is 0 Å². The molecule has 1 amide bonds. The summed E-state index contributed by atoms with van der Waals surface area (Å²) in [5.41, 5.74) is 2.18. The lowest BCUT2D eigenvalue weighted by Crippen LogP contribution is -2.73. The number of carbonyl (C=O) groups excluding carboxylic acids is 1. The number of nitrogens with zero attached hydrogens (tertiary/aromatic N) is 1. The summed E-state index contributed by atoms with van der Waals surface area (Å²) in [4.78, 5) is 16.0. The monoisotopic (exact) mass is 653 g/mol. The van der Waals surface area contributed by atoms with E-state index in [4.69, 9.17) is 13.6 Å². The van der Waals surface area contributed by atoms with E-state index >= 15 is 0 Å². The van der Waals surface area contributed by atoms with Crippen molar-refractivity contribution in [2.24, 2.45) is 0 Å². The third kappa shape index (κ3) is 10.1. The van der Waals surface area contributed by atoms with Crippen molar-refractivity contribution in [1.29, 1.82) is 0 Å². The van der Waals surface area contributed by atoms with E-state index in [2.05, 4.69) is 98.9 Å². The maximum Gasteiger partial charge on any atom is 0.254 e. The molecule has 45 heavy (non-hydrogen) atoms. The summed E-state index contributed by atoms with van der Waals surface area (Å²) < 4.78 is 21.4. The summed E-state index contributed by atoms with van der Waals surface area (Å²) in [7, 11) is -4.45. The van der Waals surface area contributed by atoms with E-state index in [1.165, 1.54) is 25.7 Å². The third-order valence-corrected chi connectivity index (χ3v) is 19.4. The molecule has 0 saturated carbocycles. The van der Waals surface area contributed by atoms with Gasteiger partial charge in [0.1, 0.15) is 0 Å². The van der Waals surface area contributed by atoms with Crippen molar-refractivity contribution in [3.8, 4) is 0 Å². The van der Waals surface area contributed by atoms with E-state index in [1.54, 1.807) is 0 Å². The van der Waals surface area contributed by atoms with Crippen LogP contribution in [0.2, 0.25) is 36.3 Å². The predicted octanol–water partition coefficient (Wildman–Crippen LogP) is 10.1. The van der Waals surface area contributed by atoms with Gasteiger partial charge in [-0.3, -0.25) is 4.79 Å². The average Bonchev–Trinajstić information content (AvgIpc) is 2.96. The highest BCUT2D eigenvalue weighted by atomic mass is 28.4.